The van der Waals surface area contributed by atoms with E-state index in [1.54, 1.807) is 6.07 Å². The van der Waals surface area contributed by atoms with Crippen LogP contribution in [0, 0.1) is 5.82 Å². The van der Waals surface area contributed by atoms with E-state index in [9.17, 15) is 4.39 Å². The molecule has 0 aromatic heterocycles. The average molecular weight is 332 g/mol. The Bertz CT molecular complexity index is 409. The summed E-state index contributed by atoms with van der Waals surface area (Å²) in [6, 6.07) is 5.20. The Morgan fingerprint density at radius 1 is 1.37 bits per heavy atom. The van der Waals surface area contributed by atoms with Gasteiger partial charge in [-0.3, -0.25) is 0 Å². The third-order valence-electron chi connectivity index (χ3n) is 3.10. The van der Waals surface area contributed by atoms with Crippen molar-refractivity contribution < 1.29 is 9.13 Å². The van der Waals surface area contributed by atoms with Crippen molar-refractivity contribution in [3.05, 3.63) is 34.1 Å². The van der Waals surface area contributed by atoms with Gasteiger partial charge in [-0.15, -0.1) is 0 Å². The quantitative estimate of drug-likeness (QED) is 0.797. The Morgan fingerprint density at radius 2 is 2.05 bits per heavy atom. The van der Waals surface area contributed by atoms with E-state index in [2.05, 4.69) is 28.2 Å². The Morgan fingerprint density at radius 3 is 2.63 bits per heavy atom. The molecule has 1 N–H and O–H groups in total. The van der Waals surface area contributed by atoms with Crippen LogP contribution in [0.1, 0.15) is 45.7 Å². The van der Waals surface area contributed by atoms with Gasteiger partial charge in [0.15, 0.2) is 0 Å². The summed E-state index contributed by atoms with van der Waals surface area (Å²) < 4.78 is 20.6. The maximum absolute atomic E-state index is 14.3. The van der Waals surface area contributed by atoms with Gasteiger partial charge in [0.05, 0.1) is 16.1 Å². The minimum atomic E-state index is -0.467. The van der Waals surface area contributed by atoms with Crippen molar-refractivity contribution in [2.24, 2.45) is 0 Å². The lowest BCUT2D eigenvalue weighted by Crippen LogP contribution is -2.42. The monoisotopic (exact) mass is 331 g/mol. The van der Waals surface area contributed by atoms with Crippen LogP contribution in [0.5, 0.6) is 0 Å². The second-order valence-electron chi connectivity index (χ2n) is 5.07. The molecule has 0 radical (unpaired) electrons. The predicted octanol–water partition coefficient (Wildman–Crippen LogP) is 4.44. The van der Waals surface area contributed by atoms with Gasteiger partial charge in [0.2, 0.25) is 0 Å². The lowest BCUT2D eigenvalue weighted by atomic mass is 9.91. The zero-order valence-corrected chi connectivity index (χ0v) is 13.7. The Hall–Kier alpha value is -0.450. The predicted molar refractivity (Wildman–Crippen MR) is 80.8 cm³/mol. The SMILES string of the molecule is CCCNC(c1cccc(Br)c1F)C(C)(C)OCC. The first-order chi connectivity index (χ1) is 8.94. The van der Waals surface area contributed by atoms with E-state index in [-0.39, 0.29) is 11.9 Å². The number of ether oxygens (including phenoxy) is 1. The molecular formula is C15H23BrFNO. The highest BCUT2D eigenvalue weighted by atomic mass is 79.9. The zero-order chi connectivity index (χ0) is 14.5. The minimum absolute atomic E-state index is 0.176. The number of nitrogens with one attached hydrogen (secondary N) is 1. The third-order valence-corrected chi connectivity index (χ3v) is 3.71. The molecule has 0 amide bonds. The lowest BCUT2D eigenvalue weighted by Gasteiger charge is -2.35. The van der Waals surface area contributed by atoms with Crippen molar-refractivity contribution in [1.82, 2.24) is 5.32 Å². The van der Waals surface area contributed by atoms with Crippen LogP contribution in [0.4, 0.5) is 4.39 Å². The molecule has 1 atom stereocenters. The van der Waals surface area contributed by atoms with Crippen LogP contribution in [0.2, 0.25) is 0 Å². The molecule has 0 aliphatic rings. The van der Waals surface area contributed by atoms with E-state index in [1.807, 2.05) is 32.9 Å². The second kappa shape index (κ2) is 7.36. The summed E-state index contributed by atoms with van der Waals surface area (Å²) in [5.41, 5.74) is 0.173. The van der Waals surface area contributed by atoms with E-state index in [0.717, 1.165) is 13.0 Å². The third kappa shape index (κ3) is 4.26. The van der Waals surface area contributed by atoms with Crippen LogP contribution in [0.3, 0.4) is 0 Å². The molecule has 0 fully saturated rings. The minimum Gasteiger partial charge on any atom is -0.374 e. The highest BCUT2D eigenvalue weighted by molar-refractivity contribution is 9.10. The lowest BCUT2D eigenvalue weighted by molar-refractivity contribution is -0.0399. The standard InChI is InChI=1S/C15H23BrFNO/c1-5-10-18-14(15(3,4)19-6-2)11-8-7-9-12(16)13(11)17/h7-9,14,18H,5-6,10H2,1-4H3. The number of rotatable bonds is 7. The first-order valence-corrected chi connectivity index (χ1v) is 7.54. The molecule has 0 saturated carbocycles. The summed E-state index contributed by atoms with van der Waals surface area (Å²) in [6.45, 7) is 9.46. The fraction of sp³-hybridized carbons (Fsp3) is 0.600. The summed E-state index contributed by atoms with van der Waals surface area (Å²) in [5.74, 6) is -0.219. The van der Waals surface area contributed by atoms with Crippen LogP contribution in [0.15, 0.2) is 22.7 Å². The highest BCUT2D eigenvalue weighted by Gasteiger charge is 2.33. The first-order valence-electron chi connectivity index (χ1n) is 6.75. The van der Waals surface area contributed by atoms with Crippen LogP contribution in [-0.4, -0.2) is 18.8 Å². The average Bonchev–Trinajstić information content (AvgIpc) is 2.34. The van der Waals surface area contributed by atoms with Gasteiger partial charge in [-0.2, -0.15) is 0 Å². The zero-order valence-electron chi connectivity index (χ0n) is 12.1. The van der Waals surface area contributed by atoms with Gasteiger partial charge >= 0.3 is 0 Å². The maximum Gasteiger partial charge on any atom is 0.142 e. The van der Waals surface area contributed by atoms with Crippen molar-refractivity contribution in [3.8, 4) is 0 Å². The van der Waals surface area contributed by atoms with Crippen molar-refractivity contribution in [2.45, 2.75) is 45.8 Å². The van der Waals surface area contributed by atoms with Crippen LogP contribution in [-0.2, 0) is 4.74 Å². The van der Waals surface area contributed by atoms with Crippen LogP contribution >= 0.6 is 15.9 Å². The molecule has 2 nitrogen and oxygen atoms in total. The molecular weight excluding hydrogens is 309 g/mol. The van der Waals surface area contributed by atoms with Gasteiger partial charge < -0.3 is 10.1 Å². The Balaban J connectivity index is 3.12. The first kappa shape index (κ1) is 16.6. The summed E-state index contributed by atoms with van der Waals surface area (Å²) in [5, 5.41) is 3.39. The second-order valence-corrected chi connectivity index (χ2v) is 5.92. The summed E-state index contributed by atoms with van der Waals surface area (Å²) >= 11 is 3.24. The van der Waals surface area contributed by atoms with Crippen molar-refractivity contribution in [3.63, 3.8) is 0 Å². The smallest absolute Gasteiger partial charge is 0.142 e. The topological polar surface area (TPSA) is 21.3 Å². The van der Waals surface area contributed by atoms with Gasteiger partial charge in [0.25, 0.3) is 0 Å². The van der Waals surface area contributed by atoms with Gasteiger partial charge in [0.1, 0.15) is 5.82 Å². The molecule has 108 valence electrons. The van der Waals surface area contributed by atoms with Gasteiger partial charge in [-0.05, 0) is 55.7 Å². The van der Waals surface area contributed by atoms with Crippen molar-refractivity contribution >= 4 is 15.9 Å². The molecule has 1 rings (SSSR count). The van der Waals surface area contributed by atoms with E-state index in [4.69, 9.17) is 4.74 Å². The molecule has 1 unspecified atom stereocenters. The van der Waals surface area contributed by atoms with E-state index in [0.29, 0.717) is 16.6 Å². The largest absolute Gasteiger partial charge is 0.374 e. The molecule has 0 saturated heterocycles. The normalized spacial score (nSPS) is 13.6. The molecule has 1 aromatic rings. The van der Waals surface area contributed by atoms with Crippen LogP contribution in [0.25, 0.3) is 0 Å². The Kier molecular flexibility index (Phi) is 6.43. The highest BCUT2D eigenvalue weighted by Crippen LogP contribution is 2.32. The van der Waals surface area contributed by atoms with Gasteiger partial charge in [-0.25, -0.2) is 4.39 Å². The van der Waals surface area contributed by atoms with Gasteiger partial charge in [0, 0.05) is 12.2 Å². The molecule has 19 heavy (non-hydrogen) atoms. The Labute approximate surface area is 123 Å². The van der Waals surface area contributed by atoms with Crippen LogP contribution < -0.4 is 5.32 Å². The molecule has 0 aliphatic carbocycles. The molecule has 0 heterocycles. The maximum atomic E-state index is 14.3. The number of benzene rings is 1. The number of hydrogen-bond acceptors (Lipinski definition) is 2. The summed E-state index contributed by atoms with van der Waals surface area (Å²) in [6.07, 6.45) is 0.994. The number of halogens is 2. The van der Waals surface area contributed by atoms with E-state index >= 15 is 0 Å². The molecule has 0 aliphatic heterocycles. The van der Waals surface area contributed by atoms with Crippen molar-refractivity contribution in [2.75, 3.05) is 13.2 Å². The molecule has 0 bridgehead atoms. The summed E-state index contributed by atoms with van der Waals surface area (Å²) in [7, 11) is 0. The molecule has 0 spiro atoms. The fourth-order valence-corrected chi connectivity index (χ4v) is 2.60. The van der Waals surface area contributed by atoms with Crippen molar-refractivity contribution in [1.29, 1.82) is 0 Å². The molecule has 1 aromatic carbocycles. The molecule has 4 heteroatoms. The fourth-order valence-electron chi connectivity index (χ4n) is 2.22. The summed E-state index contributed by atoms with van der Waals surface area (Å²) in [4.78, 5) is 0. The number of hydrogen-bond donors (Lipinski definition) is 1. The van der Waals surface area contributed by atoms with Gasteiger partial charge in [-0.1, -0.05) is 19.1 Å². The van der Waals surface area contributed by atoms with E-state index < -0.39 is 5.60 Å². The van der Waals surface area contributed by atoms with E-state index in [1.165, 1.54) is 0 Å².